The van der Waals surface area contributed by atoms with Gasteiger partial charge in [-0.05, 0) is 19.9 Å². The summed E-state index contributed by atoms with van der Waals surface area (Å²) in [7, 11) is 1.20. The van der Waals surface area contributed by atoms with Gasteiger partial charge in [0.05, 0.1) is 7.11 Å². The third-order valence-corrected chi connectivity index (χ3v) is 2.56. The van der Waals surface area contributed by atoms with E-state index in [1.165, 1.54) is 14.0 Å². The van der Waals surface area contributed by atoms with Crippen LogP contribution in [0, 0.1) is 5.41 Å². The van der Waals surface area contributed by atoms with Crippen molar-refractivity contribution in [3.05, 3.63) is 11.7 Å². The minimum atomic E-state index is -1.76. The minimum Gasteiger partial charge on any atom is -0.468 e. The van der Waals surface area contributed by atoms with Gasteiger partial charge in [-0.25, -0.2) is 0 Å². The van der Waals surface area contributed by atoms with Crippen molar-refractivity contribution in [1.29, 1.82) is 0 Å². The number of rotatable bonds is 1. The minimum absolute atomic E-state index is 0. The number of esters is 1. The average Bonchev–Trinajstić information content (AvgIpc) is 2.16. The number of nitrogens with one attached hydrogen (secondary N) is 1. The van der Waals surface area contributed by atoms with Gasteiger partial charge in [0.2, 0.25) is 0 Å². The van der Waals surface area contributed by atoms with Gasteiger partial charge in [0, 0.05) is 12.1 Å². The highest BCUT2D eigenvalue weighted by Gasteiger charge is 2.42. The Kier molecular flexibility index (Phi) is 5.17. The van der Waals surface area contributed by atoms with Crippen LogP contribution in [0.25, 0.3) is 0 Å². The monoisotopic (exact) mass is 241 g/mol. The van der Waals surface area contributed by atoms with Crippen LogP contribution in [0.5, 0.6) is 0 Å². The van der Waals surface area contributed by atoms with Gasteiger partial charge in [-0.1, -0.05) is 0 Å². The number of ether oxygens (including phenoxy) is 1. The topological polar surface area (TPSA) is 38.3 Å². The van der Waals surface area contributed by atoms with E-state index in [-0.39, 0.29) is 30.9 Å². The highest BCUT2D eigenvalue weighted by Crippen LogP contribution is 2.35. The van der Waals surface area contributed by atoms with Gasteiger partial charge in [-0.15, -0.1) is 12.4 Å². The van der Waals surface area contributed by atoms with E-state index in [1.807, 2.05) is 0 Å². The Morgan fingerprint density at radius 1 is 1.53 bits per heavy atom. The van der Waals surface area contributed by atoms with E-state index in [0.717, 1.165) is 0 Å². The second kappa shape index (κ2) is 5.42. The van der Waals surface area contributed by atoms with Crippen LogP contribution in [0.3, 0.4) is 0 Å². The van der Waals surface area contributed by atoms with Crippen molar-refractivity contribution < 1.29 is 18.3 Å². The van der Waals surface area contributed by atoms with E-state index in [1.54, 1.807) is 0 Å². The number of hydrogen-bond acceptors (Lipinski definition) is 3. The molecule has 0 amide bonds. The zero-order valence-corrected chi connectivity index (χ0v) is 9.42. The van der Waals surface area contributed by atoms with Crippen molar-refractivity contribution >= 4 is 18.4 Å². The van der Waals surface area contributed by atoms with Crippen LogP contribution in [0.2, 0.25) is 0 Å². The van der Waals surface area contributed by atoms with Gasteiger partial charge in [0.15, 0.2) is 0 Å². The van der Waals surface area contributed by atoms with Crippen molar-refractivity contribution in [1.82, 2.24) is 5.32 Å². The van der Waals surface area contributed by atoms with Crippen LogP contribution < -0.4 is 5.32 Å². The molecule has 3 nitrogen and oxygen atoms in total. The average molecular weight is 242 g/mol. The molecule has 0 aromatic rings. The molecule has 1 fully saturated rings. The van der Waals surface area contributed by atoms with Crippen molar-refractivity contribution in [3.8, 4) is 0 Å². The maximum Gasteiger partial charge on any atom is 0.317 e. The summed E-state index contributed by atoms with van der Waals surface area (Å²) in [5.41, 5.74) is -1.32. The quantitative estimate of drug-likeness (QED) is 0.711. The molecule has 15 heavy (non-hydrogen) atoms. The normalized spacial score (nSPS) is 25.5. The zero-order chi connectivity index (χ0) is 10.8. The Hall–Kier alpha value is -0.680. The van der Waals surface area contributed by atoms with Crippen LogP contribution in [0.15, 0.2) is 11.7 Å². The molecule has 1 aliphatic rings. The Morgan fingerprint density at radius 3 is 2.60 bits per heavy atom. The summed E-state index contributed by atoms with van der Waals surface area (Å²) in [6, 6.07) is 0. The highest BCUT2D eigenvalue weighted by atomic mass is 35.5. The van der Waals surface area contributed by atoms with Crippen LogP contribution in [0.4, 0.5) is 8.78 Å². The van der Waals surface area contributed by atoms with E-state index in [0.29, 0.717) is 6.54 Å². The Balaban J connectivity index is 0.00000196. The summed E-state index contributed by atoms with van der Waals surface area (Å²) in [6.45, 7) is 2.14. The fourth-order valence-corrected chi connectivity index (χ4v) is 1.66. The molecule has 0 radical (unpaired) electrons. The number of methoxy groups -OCH3 is 1. The van der Waals surface area contributed by atoms with Crippen LogP contribution >= 0.6 is 12.4 Å². The second-order valence-electron chi connectivity index (χ2n) is 3.49. The molecule has 0 aliphatic carbocycles. The summed E-state index contributed by atoms with van der Waals surface area (Å²) < 4.78 is 29.6. The third kappa shape index (κ3) is 2.66. The van der Waals surface area contributed by atoms with E-state index >= 15 is 0 Å². The van der Waals surface area contributed by atoms with Crippen LogP contribution in [-0.2, 0) is 9.53 Å². The maximum atomic E-state index is 12.6. The smallest absolute Gasteiger partial charge is 0.317 e. The lowest BCUT2D eigenvalue weighted by Crippen LogP contribution is -2.46. The van der Waals surface area contributed by atoms with E-state index in [9.17, 15) is 13.6 Å². The second-order valence-corrected chi connectivity index (χ2v) is 3.49. The fourth-order valence-electron chi connectivity index (χ4n) is 1.66. The molecule has 6 heteroatoms. The predicted molar refractivity (Wildman–Crippen MR) is 54.1 cm³/mol. The van der Waals surface area contributed by atoms with Gasteiger partial charge in [0.25, 0.3) is 6.08 Å². The Bertz CT molecular complexity index is 279. The van der Waals surface area contributed by atoms with Gasteiger partial charge >= 0.3 is 5.97 Å². The zero-order valence-electron chi connectivity index (χ0n) is 8.60. The van der Waals surface area contributed by atoms with E-state index in [4.69, 9.17) is 0 Å². The first-order valence-corrected chi connectivity index (χ1v) is 4.36. The van der Waals surface area contributed by atoms with Crippen molar-refractivity contribution in [2.24, 2.45) is 5.41 Å². The molecule has 1 atom stereocenters. The molecule has 1 rings (SSSR count). The molecule has 0 aromatic heterocycles. The number of hydrogen-bond donors (Lipinski definition) is 1. The molecule has 0 saturated carbocycles. The van der Waals surface area contributed by atoms with Gasteiger partial charge in [0.1, 0.15) is 5.41 Å². The van der Waals surface area contributed by atoms with Crippen molar-refractivity contribution in [3.63, 3.8) is 0 Å². The summed E-state index contributed by atoms with van der Waals surface area (Å²) in [5.74, 6) is -0.618. The van der Waals surface area contributed by atoms with Gasteiger partial charge in [-0.2, -0.15) is 8.78 Å². The number of carbonyl (C=O) groups is 1. The standard InChI is InChI=1S/C9H13F2NO2.ClH/c1-9(8(13)14-2)5-12-4-3-6(9)7(10)11;/h12H,3-5H2,1-2H3;1H/t9-;/m1./s1. The first-order chi connectivity index (χ1) is 6.52. The van der Waals surface area contributed by atoms with Gasteiger partial charge < -0.3 is 10.1 Å². The Morgan fingerprint density at radius 2 is 2.13 bits per heavy atom. The van der Waals surface area contributed by atoms with Gasteiger partial charge in [-0.3, -0.25) is 4.79 Å². The fraction of sp³-hybridized carbons (Fsp3) is 0.667. The van der Waals surface area contributed by atoms with Crippen molar-refractivity contribution in [2.75, 3.05) is 20.2 Å². The molecule has 1 N–H and O–H groups in total. The molecule has 0 bridgehead atoms. The molecule has 1 heterocycles. The SMILES string of the molecule is COC(=O)[C@]1(C)CNCCC1=C(F)F.Cl. The first kappa shape index (κ1) is 14.3. The molecule has 0 aromatic carbocycles. The molecule has 1 aliphatic heterocycles. The summed E-state index contributed by atoms with van der Waals surface area (Å²) in [5, 5.41) is 2.91. The highest BCUT2D eigenvalue weighted by molar-refractivity contribution is 5.85. The molecular weight excluding hydrogens is 228 g/mol. The maximum absolute atomic E-state index is 12.6. The molecular formula is C9H14ClF2NO2. The predicted octanol–water partition coefficient (Wildman–Crippen LogP) is 1.73. The molecule has 88 valence electrons. The largest absolute Gasteiger partial charge is 0.468 e. The number of piperidine rings is 1. The third-order valence-electron chi connectivity index (χ3n) is 2.56. The lowest BCUT2D eigenvalue weighted by molar-refractivity contribution is -0.150. The summed E-state index contributed by atoms with van der Waals surface area (Å²) >= 11 is 0. The number of carbonyl (C=O) groups excluding carboxylic acids is 1. The lowest BCUT2D eigenvalue weighted by atomic mass is 9.78. The molecule has 1 saturated heterocycles. The summed E-state index contributed by atoms with van der Waals surface area (Å²) in [6.07, 6.45) is -1.58. The van der Waals surface area contributed by atoms with Crippen LogP contribution in [0.1, 0.15) is 13.3 Å². The summed E-state index contributed by atoms with van der Waals surface area (Å²) in [4.78, 5) is 11.4. The number of halogens is 3. The van der Waals surface area contributed by atoms with Crippen molar-refractivity contribution in [2.45, 2.75) is 13.3 Å². The van der Waals surface area contributed by atoms with E-state index < -0.39 is 17.5 Å². The molecule has 0 unspecified atom stereocenters. The Labute approximate surface area is 93.3 Å². The lowest BCUT2D eigenvalue weighted by Gasteiger charge is -2.33. The van der Waals surface area contributed by atoms with Crippen LogP contribution in [-0.4, -0.2) is 26.2 Å². The van der Waals surface area contributed by atoms with E-state index in [2.05, 4.69) is 10.1 Å². The molecule has 0 spiro atoms. The first-order valence-electron chi connectivity index (χ1n) is 4.36.